The molecule has 0 bridgehead atoms. The second-order valence-electron chi connectivity index (χ2n) is 6.78. The van der Waals surface area contributed by atoms with Gasteiger partial charge in [0, 0.05) is 17.8 Å². The van der Waals surface area contributed by atoms with Gasteiger partial charge in [-0.15, -0.1) is 0 Å². The molecule has 0 fully saturated rings. The monoisotopic (exact) mass is 303 g/mol. The second kappa shape index (κ2) is 6.95. The van der Waals surface area contributed by atoms with Crippen LogP contribution in [0, 0.1) is 6.92 Å². The third kappa shape index (κ3) is 3.79. The first kappa shape index (κ1) is 15.7. The fourth-order valence-corrected chi connectivity index (χ4v) is 3.22. The van der Waals surface area contributed by atoms with E-state index >= 15 is 0 Å². The third-order valence-corrected chi connectivity index (χ3v) is 4.88. The van der Waals surface area contributed by atoms with Crippen LogP contribution in [0.3, 0.4) is 0 Å². The molecule has 0 spiro atoms. The van der Waals surface area contributed by atoms with Crippen LogP contribution in [0.2, 0.25) is 0 Å². The predicted octanol–water partition coefficient (Wildman–Crippen LogP) is 6.23. The van der Waals surface area contributed by atoms with Gasteiger partial charge in [-0.3, -0.25) is 4.98 Å². The van der Waals surface area contributed by atoms with Gasteiger partial charge in [0.2, 0.25) is 0 Å². The van der Waals surface area contributed by atoms with Crippen molar-refractivity contribution in [2.75, 3.05) is 0 Å². The lowest BCUT2D eigenvalue weighted by Crippen LogP contribution is -1.99. The Morgan fingerprint density at radius 3 is 2.30 bits per heavy atom. The molecule has 1 nitrogen and oxygen atoms in total. The molecule has 0 amide bonds. The maximum Gasteiger partial charge on any atom is 0.0346 e. The van der Waals surface area contributed by atoms with Gasteiger partial charge in [0.05, 0.1) is 0 Å². The Labute approximate surface area is 139 Å². The van der Waals surface area contributed by atoms with Crippen molar-refractivity contribution in [1.82, 2.24) is 4.98 Å². The van der Waals surface area contributed by atoms with E-state index in [0.717, 1.165) is 0 Å². The molecule has 0 aliphatic carbocycles. The van der Waals surface area contributed by atoms with Crippen molar-refractivity contribution in [3.63, 3.8) is 0 Å². The molecule has 0 N–H and O–H groups in total. The number of fused-ring (bicyclic) bond motifs is 1. The molecule has 0 aliphatic heterocycles. The first-order chi connectivity index (χ1) is 11.1. The summed E-state index contributed by atoms with van der Waals surface area (Å²) in [4.78, 5) is 4.24. The summed E-state index contributed by atoms with van der Waals surface area (Å²) < 4.78 is 0. The van der Waals surface area contributed by atoms with Crippen LogP contribution in [-0.4, -0.2) is 4.98 Å². The topological polar surface area (TPSA) is 12.9 Å². The lowest BCUT2D eigenvalue weighted by molar-refractivity contribution is 0.574. The quantitative estimate of drug-likeness (QED) is 0.544. The van der Waals surface area contributed by atoms with E-state index in [0.29, 0.717) is 11.8 Å². The molecule has 3 rings (SSSR count). The number of pyridine rings is 1. The lowest BCUT2D eigenvalue weighted by Gasteiger charge is -2.17. The number of hydrogen-bond acceptors (Lipinski definition) is 1. The highest BCUT2D eigenvalue weighted by Crippen LogP contribution is 2.29. The molecular formula is C22H25N. The van der Waals surface area contributed by atoms with Crippen LogP contribution >= 0.6 is 0 Å². The van der Waals surface area contributed by atoms with Gasteiger partial charge in [-0.05, 0) is 60.2 Å². The zero-order chi connectivity index (χ0) is 16.2. The normalized spacial score (nSPS) is 13.9. The van der Waals surface area contributed by atoms with E-state index in [4.69, 9.17) is 0 Å². The Hall–Kier alpha value is -2.15. The molecule has 0 saturated carbocycles. The van der Waals surface area contributed by atoms with Gasteiger partial charge in [-0.1, -0.05) is 55.8 Å². The van der Waals surface area contributed by atoms with Gasteiger partial charge in [0.15, 0.2) is 0 Å². The van der Waals surface area contributed by atoms with E-state index < -0.39 is 0 Å². The molecule has 1 heteroatoms. The minimum atomic E-state index is 0.576. The average Bonchev–Trinajstić information content (AvgIpc) is 2.59. The maximum absolute atomic E-state index is 4.24. The molecule has 118 valence electrons. The number of rotatable bonds is 5. The van der Waals surface area contributed by atoms with Crippen LogP contribution in [0.25, 0.3) is 10.8 Å². The Kier molecular flexibility index (Phi) is 4.76. The van der Waals surface area contributed by atoms with Crippen molar-refractivity contribution in [3.8, 4) is 0 Å². The molecule has 3 aromatic rings. The summed E-state index contributed by atoms with van der Waals surface area (Å²) in [6, 6.07) is 17.8. The van der Waals surface area contributed by atoms with Gasteiger partial charge < -0.3 is 0 Å². The number of aryl methyl sites for hydroxylation is 1. The van der Waals surface area contributed by atoms with E-state index in [2.05, 4.69) is 74.3 Å². The summed E-state index contributed by atoms with van der Waals surface area (Å²) >= 11 is 0. The largest absolute Gasteiger partial charge is 0.264 e. The molecule has 0 saturated heterocycles. The molecule has 23 heavy (non-hydrogen) atoms. The van der Waals surface area contributed by atoms with Gasteiger partial charge in [-0.25, -0.2) is 0 Å². The number of hydrogen-bond donors (Lipinski definition) is 0. The predicted molar refractivity (Wildman–Crippen MR) is 99.0 cm³/mol. The summed E-state index contributed by atoms with van der Waals surface area (Å²) in [5, 5.41) is 2.51. The van der Waals surface area contributed by atoms with Crippen molar-refractivity contribution in [2.45, 2.75) is 45.4 Å². The van der Waals surface area contributed by atoms with Crippen LogP contribution in [0.1, 0.15) is 55.2 Å². The van der Waals surface area contributed by atoms with E-state index in [1.807, 2.05) is 12.4 Å². The average molecular weight is 303 g/mol. The summed E-state index contributed by atoms with van der Waals surface area (Å²) in [7, 11) is 0. The highest BCUT2D eigenvalue weighted by molar-refractivity contribution is 5.82. The van der Waals surface area contributed by atoms with E-state index in [-0.39, 0.29) is 0 Å². The van der Waals surface area contributed by atoms with Gasteiger partial charge >= 0.3 is 0 Å². The summed E-state index contributed by atoms with van der Waals surface area (Å²) in [6.07, 6.45) is 6.24. The second-order valence-corrected chi connectivity index (χ2v) is 6.78. The van der Waals surface area contributed by atoms with E-state index in [1.54, 1.807) is 0 Å². The highest BCUT2D eigenvalue weighted by atomic mass is 14.6. The standard InChI is InChI=1S/C22H25N/c1-16-5-4-6-20(13-16)17(2)7-8-18(3)21-10-9-19-11-12-23-15-22(19)14-21/h4-6,9-15,17-18H,7-8H2,1-3H3. The van der Waals surface area contributed by atoms with Crippen LogP contribution in [-0.2, 0) is 0 Å². The Balaban J connectivity index is 1.67. The van der Waals surface area contributed by atoms with Gasteiger partial charge in [0.1, 0.15) is 0 Å². The first-order valence-electron chi connectivity index (χ1n) is 8.54. The third-order valence-electron chi connectivity index (χ3n) is 4.88. The smallest absolute Gasteiger partial charge is 0.0346 e. The number of benzene rings is 2. The summed E-state index contributed by atoms with van der Waals surface area (Å²) in [6.45, 7) is 6.84. The fraction of sp³-hybridized carbons (Fsp3) is 0.318. The molecule has 2 atom stereocenters. The van der Waals surface area contributed by atoms with E-state index in [1.165, 1.54) is 40.3 Å². The molecule has 1 aromatic heterocycles. The van der Waals surface area contributed by atoms with Crippen molar-refractivity contribution in [3.05, 3.63) is 77.6 Å². The molecule has 0 radical (unpaired) electrons. The van der Waals surface area contributed by atoms with Crippen molar-refractivity contribution in [1.29, 1.82) is 0 Å². The molecular weight excluding hydrogens is 278 g/mol. The molecule has 1 heterocycles. The minimum absolute atomic E-state index is 0.576. The van der Waals surface area contributed by atoms with Crippen molar-refractivity contribution < 1.29 is 0 Å². The van der Waals surface area contributed by atoms with Gasteiger partial charge in [0.25, 0.3) is 0 Å². The highest BCUT2D eigenvalue weighted by Gasteiger charge is 2.11. The van der Waals surface area contributed by atoms with Crippen molar-refractivity contribution in [2.24, 2.45) is 0 Å². The number of aromatic nitrogens is 1. The zero-order valence-electron chi connectivity index (χ0n) is 14.3. The first-order valence-corrected chi connectivity index (χ1v) is 8.54. The van der Waals surface area contributed by atoms with Crippen molar-refractivity contribution >= 4 is 10.8 Å². The summed E-state index contributed by atoms with van der Waals surface area (Å²) in [5.74, 6) is 1.19. The number of nitrogens with zero attached hydrogens (tertiary/aromatic N) is 1. The summed E-state index contributed by atoms with van der Waals surface area (Å²) in [5.41, 5.74) is 4.23. The maximum atomic E-state index is 4.24. The molecule has 0 aliphatic rings. The SMILES string of the molecule is Cc1cccc(C(C)CCC(C)c2ccc3ccncc3c2)c1. The Morgan fingerprint density at radius 1 is 0.826 bits per heavy atom. The molecule has 2 unspecified atom stereocenters. The van der Waals surface area contributed by atoms with Crippen LogP contribution in [0.5, 0.6) is 0 Å². The van der Waals surface area contributed by atoms with E-state index in [9.17, 15) is 0 Å². The van der Waals surface area contributed by atoms with Crippen LogP contribution in [0.4, 0.5) is 0 Å². The van der Waals surface area contributed by atoms with Crippen LogP contribution in [0.15, 0.2) is 60.9 Å². The lowest BCUT2D eigenvalue weighted by atomic mass is 9.88. The zero-order valence-corrected chi connectivity index (χ0v) is 14.3. The molecule has 2 aromatic carbocycles. The van der Waals surface area contributed by atoms with Crippen LogP contribution < -0.4 is 0 Å². The minimum Gasteiger partial charge on any atom is -0.264 e. The van der Waals surface area contributed by atoms with Gasteiger partial charge in [-0.2, -0.15) is 0 Å². The Bertz CT molecular complexity index is 791. The Morgan fingerprint density at radius 2 is 1.57 bits per heavy atom. The fourth-order valence-electron chi connectivity index (χ4n) is 3.22.